The number of methoxy groups -OCH3 is 1. The minimum absolute atomic E-state index is 0.234. The molecular weight excluding hydrogens is 246 g/mol. The molecule has 1 N–H and O–H groups in total. The molecule has 17 heavy (non-hydrogen) atoms. The first-order valence-electron chi connectivity index (χ1n) is 4.65. The van der Waals surface area contributed by atoms with Crippen molar-refractivity contribution in [3.05, 3.63) is 35.0 Å². The van der Waals surface area contributed by atoms with Crippen LogP contribution in [0.4, 0.5) is 0 Å². The highest BCUT2D eigenvalue weighted by Crippen LogP contribution is 2.31. The van der Waals surface area contributed by atoms with E-state index < -0.39 is 5.97 Å². The van der Waals surface area contributed by atoms with Crippen LogP contribution in [0.1, 0.15) is 10.6 Å². The second-order valence-electron chi connectivity index (χ2n) is 3.23. The van der Waals surface area contributed by atoms with Crippen LogP contribution >= 0.6 is 11.6 Å². The summed E-state index contributed by atoms with van der Waals surface area (Å²) in [5, 5.41) is 12.9. The molecule has 0 aliphatic carbocycles. The van der Waals surface area contributed by atoms with E-state index in [9.17, 15) is 4.79 Å². The fraction of sp³-hybridized carbons (Fsp3) is 0.0909. The molecule has 0 fully saturated rings. The Morgan fingerprint density at radius 1 is 1.47 bits per heavy atom. The van der Waals surface area contributed by atoms with Gasteiger partial charge in [-0.15, -0.1) is 0 Å². The Kier molecular flexibility index (Phi) is 3.01. The van der Waals surface area contributed by atoms with Crippen molar-refractivity contribution in [3.63, 3.8) is 0 Å². The lowest BCUT2D eigenvalue weighted by atomic mass is 10.1. The number of hydrogen-bond donors (Lipinski definition) is 1. The standard InChI is InChI=1S/C11H8ClNO4/c1-16-9-3-2-6(12)4-7(9)8-5-10(11(14)15)17-13-8/h2-5H,1H3,(H,14,15). The fourth-order valence-corrected chi connectivity index (χ4v) is 1.56. The number of aromatic nitrogens is 1. The molecule has 2 rings (SSSR count). The lowest BCUT2D eigenvalue weighted by molar-refractivity contribution is 0.0652. The van der Waals surface area contributed by atoms with Gasteiger partial charge in [-0.25, -0.2) is 4.79 Å². The van der Waals surface area contributed by atoms with Crippen LogP contribution in [0.15, 0.2) is 28.8 Å². The monoisotopic (exact) mass is 253 g/mol. The molecule has 0 unspecified atom stereocenters. The Morgan fingerprint density at radius 2 is 2.24 bits per heavy atom. The molecule has 0 bridgehead atoms. The molecule has 6 heteroatoms. The number of nitrogens with zero attached hydrogens (tertiary/aromatic N) is 1. The van der Waals surface area contributed by atoms with Gasteiger partial charge in [0, 0.05) is 16.7 Å². The molecule has 0 amide bonds. The van der Waals surface area contributed by atoms with E-state index in [1.165, 1.54) is 13.2 Å². The topological polar surface area (TPSA) is 72.6 Å². The van der Waals surface area contributed by atoms with Gasteiger partial charge in [0.2, 0.25) is 5.76 Å². The molecular formula is C11H8ClNO4. The van der Waals surface area contributed by atoms with E-state index in [4.69, 9.17) is 21.4 Å². The second kappa shape index (κ2) is 4.47. The number of carboxylic acids is 1. The smallest absolute Gasteiger partial charge is 0.374 e. The average molecular weight is 254 g/mol. The quantitative estimate of drug-likeness (QED) is 0.910. The van der Waals surface area contributed by atoms with Gasteiger partial charge in [0.25, 0.3) is 0 Å². The molecule has 1 heterocycles. The van der Waals surface area contributed by atoms with Crippen LogP contribution in [0, 0.1) is 0 Å². The molecule has 1 aromatic carbocycles. The molecule has 0 radical (unpaired) electrons. The van der Waals surface area contributed by atoms with Gasteiger partial charge < -0.3 is 14.4 Å². The minimum Gasteiger partial charge on any atom is -0.496 e. The van der Waals surface area contributed by atoms with E-state index in [-0.39, 0.29) is 5.76 Å². The van der Waals surface area contributed by atoms with Crippen LogP contribution in [0.5, 0.6) is 5.75 Å². The maximum Gasteiger partial charge on any atom is 0.374 e. The second-order valence-corrected chi connectivity index (χ2v) is 3.66. The predicted molar refractivity (Wildman–Crippen MR) is 60.5 cm³/mol. The van der Waals surface area contributed by atoms with E-state index in [1.54, 1.807) is 18.2 Å². The maximum atomic E-state index is 10.7. The Bertz CT molecular complexity index is 564. The molecule has 0 saturated carbocycles. The average Bonchev–Trinajstić information content (AvgIpc) is 2.78. The Labute approximate surface area is 102 Å². The molecule has 5 nitrogen and oxygen atoms in total. The lowest BCUT2D eigenvalue weighted by Crippen LogP contribution is -1.91. The third-order valence-corrected chi connectivity index (χ3v) is 2.39. The number of aromatic carboxylic acids is 1. The minimum atomic E-state index is -1.18. The van der Waals surface area contributed by atoms with E-state index in [0.717, 1.165) is 0 Å². The van der Waals surface area contributed by atoms with Crippen LogP contribution in [0.3, 0.4) is 0 Å². The predicted octanol–water partition coefficient (Wildman–Crippen LogP) is 2.70. The van der Waals surface area contributed by atoms with Crippen LogP contribution in [-0.2, 0) is 0 Å². The summed E-state index contributed by atoms with van der Waals surface area (Å²) in [5.74, 6) is -0.869. The summed E-state index contributed by atoms with van der Waals surface area (Å²) in [5.41, 5.74) is 0.943. The highest BCUT2D eigenvalue weighted by atomic mass is 35.5. The van der Waals surface area contributed by atoms with Gasteiger partial charge in [0.1, 0.15) is 11.4 Å². The van der Waals surface area contributed by atoms with Crippen LogP contribution in [0.2, 0.25) is 5.02 Å². The van der Waals surface area contributed by atoms with Gasteiger partial charge in [-0.2, -0.15) is 0 Å². The van der Waals surface area contributed by atoms with Gasteiger partial charge in [0.05, 0.1) is 7.11 Å². The van der Waals surface area contributed by atoms with Crippen molar-refractivity contribution in [1.82, 2.24) is 5.16 Å². The Hall–Kier alpha value is -2.01. The summed E-state index contributed by atoms with van der Waals surface area (Å²) >= 11 is 5.86. The van der Waals surface area contributed by atoms with Crippen LogP contribution in [-0.4, -0.2) is 23.3 Å². The van der Waals surface area contributed by atoms with Crippen LogP contribution in [0.25, 0.3) is 11.3 Å². The summed E-state index contributed by atoms with van der Waals surface area (Å²) in [6.45, 7) is 0. The van der Waals surface area contributed by atoms with Gasteiger partial charge in [-0.1, -0.05) is 16.8 Å². The van der Waals surface area contributed by atoms with E-state index in [0.29, 0.717) is 22.0 Å². The summed E-state index contributed by atoms with van der Waals surface area (Å²) in [7, 11) is 1.50. The fourth-order valence-electron chi connectivity index (χ4n) is 1.38. The zero-order valence-corrected chi connectivity index (χ0v) is 9.56. The number of benzene rings is 1. The molecule has 2 aromatic rings. The van der Waals surface area contributed by atoms with Gasteiger partial charge in [0.15, 0.2) is 0 Å². The lowest BCUT2D eigenvalue weighted by Gasteiger charge is -2.05. The first kappa shape index (κ1) is 11.5. The molecule has 0 spiro atoms. The number of rotatable bonds is 3. The van der Waals surface area contributed by atoms with Crippen molar-refractivity contribution < 1.29 is 19.2 Å². The van der Waals surface area contributed by atoms with Crippen molar-refractivity contribution in [2.45, 2.75) is 0 Å². The SMILES string of the molecule is COc1ccc(Cl)cc1-c1cc(C(=O)O)on1. The number of carbonyl (C=O) groups is 1. The third kappa shape index (κ3) is 2.24. The highest BCUT2D eigenvalue weighted by molar-refractivity contribution is 6.30. The molecule has 0 saturated heterocycles. The van der Waals surface area contributed by atoms with E-state index >= 15 is 0 Å². The summed E-state index contributed by atoms with van der Waals surface area (Å²) < 4.78 is 9.81. The van der Waals surface area contributed by atoms with Crippen molar-refractivity contribution in [3.8, 4) is 17.0 Å². The molecule has 0 atom stereocenters. The summed E-state index contributed by atoms with van der Waals surface area (Å²) in [6, 6.07) is 6.29. The molecule has 0 aliphatic rings. The first-order valence-corrected chi connectivity index (χ1v) is 5.03. The normalized spacial score (nSPS) is 10.2. The zero-order valence-electron chi connectivity index (χ0n) is 8.81. The largest absolute Gasteiger partial charge is 0.496 e. The Morgan fingerprint density at radius 3 is 2.82 bits per heavy atom. The zero-order chi connectivity index (χ0) is 12.4. The number of hydrogen-bond acceptors (Lipinski definition) is 4. The van der Waals surface area contributed by atoms with Crippen LogP contribution < -0.4 is 4.74 Å². The maximum absolute atomic E-state index is 10.7. The van der Waals surface area contributed by atoms with Gasteiger partial charge in [-0.3, -0.25) is 0 Å². The van der Waals surface area contributed by atoms with Crippen molar-refractivity contribution in [2.75, 3.05) is 7.11 Å². The van der Waals surface area contributed by atoms with E-state index in [2.05, 4.69) is 9.68 Å². The molecule has 88 valence electrons. The summed E-state index contributed by atoms with van der Waals surface area (Å²) in [6.07, 6.45) is 0. The first-order chi connectivity index (χ1) is 8.11. The Balaban J connectivity index is 2.51. The van der Waals surface area contributed by atoms with Crippen molar-refractivity contribution >= 4 is 17.6 Å². The number of carboxylic acid groups (broad SMARTS) is 1. The number of halogens is 1. The molecule has 0 aliphatic heterocycles. The van der Waals surface area contributed by atoms with E-state index in [1.807, 2.05) is 0 Å². The highest BCUT2D eigenvalue weighted by Gasteiger charge is 2.15. The van der Waals surface area contributed by atoms with Crippen molar-refractivity contribution in [1.29, 1.82) is 0 Å². The number of ether oxygens (including phenoxy) is 1. The van der Waals surface area contributed by atoms with Crippen molar-refractivity contribution in [2.24, 2.45) is 0 Å². The molecule has 1 aromatic heterocycles. The third-order valence-electron chi connectivity index (χ3n) is 2.16. The summed E-state index contributed by atoms with van der Waals surface area (Å²) in [4.78, 5) is 10.7. The van der Waals surface area contributed by atoms with Gasteiger partial charge in [-0.05, 0) is 18.2 Å². The van der Waals surface area contributed by atoms with Gasteiger partial charge >= 0.3 is 5.97 Å².